The second-order valence-corrected chi connectivity index (χ2v) is 3.50. The highest BCUT2D eigenvalue weighted by molar-refractivity contribution is 6.36. The lowest BCUT2D eigenvalue weighted by molar-refractivity contribution is -0.383. The molecule has 0 aliphatic carbocycles. The van der Waals surface area contributed by atoms with Crippen LogP contribution in [0.4, 0.5) is 11.4 Å². The van der Waals surface area contributed by atoms with Gasteiger partial charge in [0.2, 0.25) is 0 Å². The van der Waals surface area contributed by atoms with E-state index in [1.807, 2.05) is 0 Å². The molecule has 0 amide bonds. The van der Waals surface area contributed by atoms with Gasteiger partial charge in [-0.3, -0.25) is 10.1 Å². The van der Waals surface area contributed by atoms with Crippen molar-refractivity contribution < 1.29 is 4.92 Å². The minimum absolute atomic E-state index is 0.0233. The summed E-state index contributed by atoms with van der Waals surface area (Å²) in [5.74, 6) is 0. The topological polar surface area (TPSA) is 69.2 Å². The first-order chi connectivity index (χ1) is 7.11. The molecule has 0 atom stereocenters. The van der Waals surface area contributed by atoms with Crippen molar-refractivity contribution in [2.75, 3.05) is 5.73 Å². The number of fused-ring (bicyclic) bond motifs is 1. The van der Waals surface area contributed by atoms with E-state index < -0.39 is 4.92 Å². The first kappa shape index (κ1) is 9.73. The molecular weight excluding hydrogens is 216 g/mol. The zero-order valence-electron chi connectivity index (χ0n) is 7.61. The molecule has 2 aromatic rings. The first-order valence-electron chi connectivity index (χ1n) is 4.22. The summed E-state index contributed by atoms with van der Waals surface area (Å²) in [5.41, 5.74) is 6.17. The number of benzene rings is 2. The maximum Gasteiger partial charge on any atom is 0.278 e. The normalized spacial score (nSPS) is 10.5. The van der Waals surface area contributed by atoms with Gasteiger partial charge in [-0.15, -0.1) is 0 Å². The fourth-order valence-electron chi connectivity index (χ4n) is 1.52. The molecule has 0 radical (unpaired) electrons. The predicted molar refractivity (Wildman–Crippen MR) is 60.0 cm³/mol. The van der Waals surface area contributed by atoms with Crippen LogP contribution in [0, 0.1) is 10.1 Å². The summed E-state index contributed by atoms with van der Waals surface area (Å²) in [6, 6.07) is 7.91. The number of nitrogen functional groups attached to an aromatic ring is 1. The van der Waals surface area contributed by atoms with Gasteiger partial charge in [0.05, 0.1) is 15.3 Å². The summed E-state index contributed by atoms with van der Waals surface area (Å²) in [6.45, 7) is 0. The van der Waals surface area contributed by atoms with E-state index in [4.69, 9.17) is 17.3 Å². The number of anilines is 1. The van der Waals surface area contributed by atoms with Gasteiger partial charge in [0, 0.05) is 17.1 Å². The molecule has 2 rings (SSSR count). The molecule has 0 saturated carbocycles. The Hall–Kier alpha value is -1.81. The molecule has 0 bridgehead atoms. The molecule has 0 aliphatic heterocycles. The van der Waals surface area contributed by atoms with Gasteiger partial charge in [0.15, 0.2) is 0 Å². The van der Waals surface area contributed by atoms with E-state index in [9.17, 15) is 10.1 Å². The summed E-state index contributed by atoms with van der Waals surface area (Å²) in [4.78, 5) is 10.3. The van der Waals surface area contributed by atoms with Crippen LogP contribution in [-0.2, 0) is 0 Å². The largest absolute Gasteiger partial charge is 0.398 e. The maximum atomic E-state index is 10.8. The maximum absolute atomic E-state index is 10.8. The van der Waals surface area contributed by atoms with Crippen LogP contribution in [-0.4, -0.2) is 4.92 Å². The van der Waals surface area contributed by atoms with Crippen molar-refractivity contribution in [3.63, 3.8) is 0 Å². The van der Waals surface area contributed by atoms with Crippen molar-refractivity contribution in [2.45, 2.75) is 0 Å². The van der Waals surface area contributed by atoms with Crippen LogP contribution in [0.5, 0.6) is 0 Å². The van der Waals surface area contributed by atoms with E-state index in [2.05, 4.69) is 0 Å². The summed E-state index contributed by atoms with van der Waals surface area (Å²) in [6.07, 6.45) is 0. The standard InChI is InChI=1S/C10H7ClN2O2/c11-7-3-1-2-6-8(12)4-5-9(10(6)7)13(14)15/h1-5H,12H2. The smallest absolute Gasteiger partial charge is 0.278 e. The van der Waals surface area contributed by atoms with Crippen molar-refractivity contribution in [3.8, 4) is 0 Å². The van der Waals surface area contributed by atoms with E-state index in [0.717, 1.165) is 0 Å². The zero-order chi connectivity index (χ0) is 11.0. The number of halogens is 1. The molecule has 0 aliphatic rings. The van der Waals surface area contributed by atoms with Crippen LogP contribution in [0.2, 0.25) is 5.02 Å². The number of rotatable bonds is 1. The lowest BCUT2D eigenvalue weighted by Crippen LogP contribution is -1.93. The Bertz CT molecular complexity index is 554. The molecule has 15 heavy (non-hydrogen) atoms. The Morgan fingerprint density at radius 3 is 2.67 bits per heavy atom. The number of non-ortho nitro benzene ring substituents is 1. The molecule has 4 nitrogen and oxygen atoms in total. The third-order valence-electron chi connectivity index (χ3n) is 2.20. The Morgan fingerprint density at radius 1 is 1.27 bits per heavy atom. The highest BCUT2D eigenvalue weighted by Crippen LogP contribution is 2.34. The van der Waals surface area contributed by atoms with E-state index >= 15 is 0 Å². The van der Waals surface area contributed by atoms with Gasteiger partial charge in [-0.1, -0.05) is 23.7 Å². The number of nitrogens with zero attached hydrogens (tertiary/aromatic N) is 1. The van der Waals surface area contributed by atoms with Crippen molar-refractivity contribution in [1.29, 1.82) is 0 Å². The van der Waals surface area contributed by atoms with Gasteiger partial charge in [-0.05, 0) is 12.1 Å². The average molecular weight is 223 g/mol. The fraction of sp³-hybridized carbons (Fsp3) is 0. The van der Waals surface area contributed by atoms with Gasteiger partial charge in [-0.25, -0.2) is 0 Å². The minimum Gasteiger partial charge on any atom is -0.398 e. The average Bonchev–Trinajstić information content (AvgIpc) is 2.19. The van der Waals surface area contributed by atoms with Gasteiger partial charge >= 0.3 is 0 Å². The molecule has 0 saturated heterocycles. The molecule has 0 heterocycles. The van der Waals surface area contributed by atoms with E-state index in [1.165, 1.54) is 12.1 Å². The Kier molecular flexibility index (Phi) is 2.21. The molecule has 0 fully saturated rings. The van der Waals surface area contributed by atoms with Gasteiger partial charge in [0.1, 0.15) is 0 Å². The summed E-state index contributed by atoms with van der Waals surface area (Å²) < 4.78 is 0. The van der Waals surface area contributed by atoms with E-state index in [-0.39, 0.29) is 5.69 Å². The Morgan fingerprint density at radius 2 is 2.00 bits per heavy atom. The first-order valence-corrected chi connectivity index (χ1v) is 4.60. The molecule has 2 aromatic carbocycles. The van der Waals surface area contributed by atoms with Crippen LogP contribution in [0.1, 0.15) is 0 Å². The summed E-state index contributed by atoms with van der Waals surface area (Å²) >= 11 is 5.92. The highest BCUT2D eigenvalue weighted by Gasteiger charge is 2.15. The van der Waals surface area contributed by atoms with Crippen molar-refractivity contribution in [1.82, 2.24) is 0 Å². The van der Waals surface area contributed by atoms with Crippen molar-refractivity contribution in [3.05, 3.63) is 45.5 Å². The molecule has 0 spiro atoms. The fourth-order valence-corrected chi connectivity index (χ4v) is 1.79. The SMILES string of the molecule is Nc1ccc([N+](=O)[O-])c2c(Cl)cccc12. The number of nitrogens with two attached hydrogens (primary N) is 1. The van der Waals surface area contributed by atoms with E-state index in [1.54, 1.807) is 18.2 Å². The van der Waals surface area contributed by atoms with Crippen LogP contribution in [0.3, 0.4) is 0 Å². The monoisotopic (exact) mass is 222 g/mol. The Labute approximate surface area is 90.4 Å². The third kappa shape index (κ3) is 1.49. The summed E-state index contributed by atoms with van der Waals surface area (Å²) in [5, 5.41) is 12.1. The Balaban J connectivity index is 2.96. The molecule has 76 valence electrons. The summed E-state index contributed by atoms with van der Waals surface area (Å²) in [7, 11) is 0. The van der Waals surface area contributed by atoms with E-state index in [0.29, 0.717) is 21.5 Å². The lowest BCUT2D eigenvalue weighted by atomic mass is 10.1. The number of hydrogen-bond acceptors (Lipinski definition) is 3. The van der Waals surface area contributed by atoms with Crippen LogP contribution in [0.25, 0.3) is 10.8 Å². The van der Waals surface area contributed by atoms with Crippen LogP contribution >= 0.6 is 11.6 Å². The second-order valence-electron chi connectivity index (χ2n) is 3.09. The zero-order valence-corrected chi connectivity index (χ0v) is 8.36. The molecule has 5 heteroatoms. The predicted octanol–water partition coefficient (Wildman–Crippen LogP) is 2.98. The van der Waals surface area contributed by atoms with Crippen LogP contribution < -0.4 is 5.73 Å². The second kappa shape index (κ2) is 3.40. The van der Waals surface area contributed by atoms with Crippen LogP contribution in [0.15, 0.2) is 30.3 Å². The van der Waals surface area contributed by atoms with Gasteiger partial charge in [-0.2, -0.15) is 0 Å². The molecular formula is C10H7ClN2O2. The number of nitro groups is 1. The van der Waals surface area contributed by atoms with Gasteiger partial charge in [0.25, 0.3) is 5.69 Å². The quantitative estimate of drug-likeness (QED) is 0.458. The van der Waals surface area contributed by atoms with Crippen molar-refractivity contribution in [2.24, 2.45) is 0 Å². The van der Waals surface area contributed by atoms with Crippen molar-refractivity contribution >= 4 is 33.7 Å². The van der Waals surface area contributed by atoms with Gasteiger partial charge < -0.3 is 5.73 Å². The minimum atomic E-state index is -0.465. The lowest BCUT2D eigenvalue weighted by Gasteiger charge is -2.04. The molecule has 0 aromatic heterocycles. The third-order valence-corrected chi connectivity index (χ3v) is 2.51. The number of nitro benzene ring substituents is 1. The number of hydrogen-bond donors (Lipinski definition) is 1. The highest BCUT2D eigenvalue weighted by atomic mass is 35.5. The molecule has 0 unspecified atom stereocenters. The molecule has 2 N–H and O–H groups in total.